The number of carbonyl (C=O) groups is 1. The average molecular weight is 374 g/mol. The normalized spacial score (nSPS) is 19.4. The first-order valence-electron chi connectivity index (χ1n) is 10.2. The van der Waals surface area contributed by atoms with Crippen LogP contribution in [0.5, 0.6) is 0 Å². The van der Waals surface area contributed by atoms with Gasteiger partial charge in [-0.2, -0.15) is 0 Å². The van der Waals surface area contributed by atoms with E-state index in [4.69, 9.17) is 0 Å². The number of benzene rings is 1. The van der Waals surface area contributed by atoms with Crippen LogP contribution in [0, 0.1) is 6.92 Å². The summed E-state index contributed by atoms with van der Waals surface area (Å²) in [5.41, 5.74) is 8.31. The van der Waals surface area contributed by atoms with Gasteiger partial charge in [-0.3, -0.25) is 4.79 Å². The number of amides is 1. The van der Waals surface area contributed by atoms with Gasteiger partial charge in [-0.05, 0) is 79.3 Å². The molecule has 0 radical (unpaired) electrons. The SMILES string of the molecule is CCN1Cc2cc(-c3cnc4[nH]cc(C)c4c3)cc(C3CCCN3)c2CC1=O. The molecule has 5 nitrogen and oxygen atoms in total. The molecule has 28 heavy (non-hydrogen) atoms. The Hall–Kier alpha value is -2.66. The number of nitrogens with one attached hydrogen (secondary N) is 2. The lowest BCUT2D eigenvalue weighted by molar-refractivity contribution is -0.131. The van der Waals surface area contributed by atoms with E-state index in [0.717, 1.165) is 30.7 Å². The summed E-state index contributed by atoms with van der Waals surface area (Å²) in [7, 11) is 0. The molecule has 1 aromatic carbocycles. The number of nitrogens with zero attached hydrogens (tertiary/aromatic N) is 2. The maximum Gasteiger partial charge on any atom is 0.227 e. The molecule has 4 heterocycles. The second-order valence-electron chi connectivity index (χ2n) is 8.03. The molecule has 2 aliphatic rings. The first-order chi connectivity index (χ1) is 13.6. The van der Waals surface area contributed by atoms with Gasteiger partial charge in [-0.25, -0.2) is 4.98 Å². The number of pyridine rings is 1. The van der Waals surface area contributed by atoms with E-state index in [1.54, 1.807) is 0 Å². The van der Waals surface area contributed by atoms with Crippen molar-refractivity contribution < 1.29 is 4.79 Å². The molecule has 0 spiro atoms. The topological polar surface area (TPSA) is 61.0 Å². The molecule has 1 saturated heterocycles. The zero-order valence-corrected chi connectivity index (χ0v) is 16.5. The monoisotopic (exact) mass is 374 g/mol. The number of likely N-dealkylation sites (N-methyl/N-ethyl adjacent to an activating group) is 1. The van der Waals surface area contributed by atoms with Crippen LogP contribution in [0.15, 0.2) is 30.6 Å². The van der Waals surface area contributed by atoms with Crippen molar-refractivity contribution in [1.82, 2.24) is 20.2 Å². The van der Waals surface area contributed by atoms with Crippen molar-refractivity contribution in [2.24, 2.45) is 0 Å². The highest BCUT2D eigenvalue weighted by Crippen LogP contribution is 2.36. The van der Waals surface area contributed by atoms with Crippen LogP contribution in [-0.2, 0) is 17.8 Å². The maximum absolute atomic E-state index is 12.6. The van der Waals surface area contributed by atoms with Crippen molar-refractivity contribution in [1.29, 1.82) is 0 Å². The molecule has 1 fully saturated rings. The fourth-order valence-electron chi connectivity index (χ4n) is 4.68. The van der Waals surface area contributed by atoms with Crippen molar-refractivity contribution in [2.75, 3.05) is 13.1 Å². The van der Waals surface area contributed by atoms with Crippen molar-refractivity contribution in [3.8, 4) is 11.1 Å². The van der Waals surface area contributed by atoms with Crippen molar-refractivity contribution in [3.05, 3.63) is 52.8 Å². The van der Waals surface area contributed by atoms with E-state index in [-0.39, 0.29) is 5.91 Å². The van der Waals surface area contributed by atoms with E-state index in [1.807, 2.05) is 17.3 Å². The van der Waals surface area contributed by atoms with Crippen LogP contribution < -0.4 is 5.32 Å². The molecule has 0 bridgehead atoms. The molecule has 3 aromatic rings. The van der Waals surface area contributed by atoms with E-state index in [9.17, 15) is 4.79 Å². The lowest BCUT2D eigenvalue weighted by Crippen LogP contribution is -2.37. The predicted octanol–water partition coefficient (Wildman–Crippen LogP) is 3.87. The van der Waals surface area contributed by atoms with E-state index >= 15 is 0 Å². The summed E-state index contributed by atoms with van der Waals surface area (Å²) in [5, 5.41) is 4.80. The summed E-state index contributed by atoms with van der Waals surface area (Å²) in [4.78, 5) is 22.4. The Morgan fingerprint density at radius 3 is 2.93 bits per heavy atom. The van der Waals surface area contributed by atoms with Crippen molar-refractivity contribution >= 4 is 16.9 Å². The fraction of sp³-hybridized carbons (Fsp3) is 0.391. The summed E-state index contributed by atoms with van der Waals surface area (Å²) in [6, 6.07) is 7.14. The van der Waals surface area contributed by atoms with Gasteiger partial charge >= 0.3 is 0 Å². The lowest BCUT2D eigenvalue weighted by Gasteiger charge is -2.31. The number of fused-ring (bicyclic) bond motifs is 2. The highest BCUT2D eigenvalue weighted by atomic mass is 16.2. The molecule has 2 aliphatic heterocycles. The average Bonchev–Trinajstić information content (AvgIpc) is 3.37. The van der Waals surface area contributed by atoms with Crippen LogP contribution in [0.2, 0.25) is 0 Å². The van der Waals surface area contributed by atoms with Gasteiger partial charge in [0, 0.05) is 42.5 Å². The fourth-order valence-corrected chi connectivity index (χ4v) is 4.68. The molecule has 2 aromatic heterocycles. The first-order valence-corrected chi connectivity index (χ1v) is 10.2. The van der Waals surface area contributed by atoms with E-state index in [0.29, 0.717) is 19.0 Å². The second-order valence-corrected chi connectivity index (χ2v) is 8.03. The number of carbonyl (C=O) groups excluding carboxylic acids is 1. The number of H-pyrrole nitrogens is 1. The van der Waals surface area contributed by atoms with E-state index in [2.05, 4.69) is 47.3 Å². The number of hydrogen-bond acceptors (Lipinski definition) is 3. The van der Waals surface area contributed by atoms with Gasteiger partial charge in [0.25, 0.3) is 0 Å². The Morgan fingerprint density at radius 2 is 2.14 bits per heavy atom. The standard InChI is InChI=1S/C23H26N4O/c1-3-27-13-17-7-15(16-9-18-14(2)11-25-23(18)26-12-16)8-20(19(17)10-22(27)28)21-5-4-6-24-21/h7-9,11-12,21,24H,3-6,10,13H2,1-2H3,(H,25,26). The third-order valence-corrected chi connectivity index (χ3v) is 6.31. The Balaban J connectivity index is 1.66. The van der Waals surface area contributed by atoms with Gasteiger partial charge < -0.3 is 15.2 Å². The van der Waals surface area contributed by atoms with E-state index in [1.165, 1.54) is 39.6 Å². The number of aromatic nitrogens is 2. The molecular weight excluding hydrogens is 348 g/mol. The van der Waals surface area contributed by atoms with Gasteiger partial charge in [-0.1, -0.05) is 0 Å². The summed E-state index contributed by atoms with van der Waals surface area (Å²) >= 11 is 0. The highest BCUT2D eigenvalue weighted by molar-refractivity contribution is 5.86. The highest BCUT2D eigenvalue weighted by Gasteiger charge is 2.28. The maximum atomic E-state index is 12.6. The molecule has 0 aliphatic carbocycles. The molecule has 2 N–H and O–H groups in total. The molecule has 1 unspecified atom stereocenters. The van der Waals surface area contributed by atoms with Crippen LogP contribution in [0.3, 0.4) is 0 Å². The minimum absolute atomic E-state index is 0.244. The van der Waals surface area contributed by atoms with Gasteiger partial charge in [0.05, 0.1) is 6.42 Å². The summed E-state index contributed by atoms with van der Waals surface area (Å²) < 4.78 is 0. The Labute approximate surface area is 165 Å². The summed E-state index contributed by atoms with van der Waals surface area (Å²) in [5.74, 6) is 0.244. The minimum Gasteiger partial charge on any atom is -0.346 e. The van der Waals surface area contributed by atoms with Crippen molar-refractivity contribution in [2.45, 2.75) is 45.7 Å². The largest absolute Gasteiger partial charge is 0.346 e. The third kappa shape index (κ3) is 2.81. The summed E-state index contributed by atoms with van der Waals surface area (Å²) in [6.45, 7) is 6.68. The molecule has 5 heteroatoms. The number of aryl methyl sites for hydroxylation is 1. The smallest absolute Gasteiger partial charge is 0.227 e. The van der Waals surface area contributed by atoms with Crippen LogP contribution in [0.1, 0.15) is 48.1 Å². The van der Waals surface area contributed by atoms with Gasteiger partial charge in [0.1, 0.15) is 5.65 Å². The number of aromatic amines is 1. The van der Waals surface area contributed by atoms with Gasteiger partial charge in [-0.15, -0.1) is 0 Å². The molecule has 0 saturated carbocycles. The number of rotatable bonds is 3. The van der Waals surface area contributed by atoms with Crippen molar-refractivity contribution in [3.63, 3.8) is 0 Å². The van der Waals surface area contributed by atoms with Crippen LogP contribution in [0.25, 0.3) is 22.2 Å². The van der Waals surface area contributed by atoms with Gasteiger partial charge in [0.15, 0.2) is 0 Å². The van der Waals surface area contributed by atoms with E-state index < -0.39 is 0 Å². The minimum atomic E-state index is 0.244. The molecule has 1 atom stereocenters. The van der Waals surface area contributed by atoms with Crippen LogP contribution in [0.4, 0.5) is 0 Å². The Bertz CT molecular complexity index is 1060. The molecule has 5 rings (SSSR count). The summed E-state index contributed by atoms with van der Waals surface area (Å²) in [6.07, 6.45) is 6.81. The first kappa shape index (κ1) is 17.4. The molecule has 1 amide bonds. The second kappa shape index (κ2) is 6.74. The predicted molar refractivity (Wildman–Crippen MR) is 111 cm³/mol. The molecular formula is C23H26N4O. The van der Waals surface area contributed by atoms with Crippen LogP contribution in [-0.4, -0.2) is 33.9 Å². The quantitative estimate of drug-likeness (QED) is 0.732. The van der Waals surface area contributed by atoms with Crippen LogP contribution >= 0.6 is 0 Å². The Kier molecular flexibility index (Phi) is 4.20. The zero-order valence-electron chi connectivity index (χ0n) is 16.5. The number of hydrogen-bond donors (Lipinski definition) is 2. The third-order valence-electron chi connectivity index (χ3n) is 6.31. The molecule has 144 valence electrons. The van der Waals surface area contributed by atoms with Gasteiger partial charge in [0.2, 0.25) is 5.91 Å². The Morgan fingerprint density at radius 1 is 1.25 bits per heavy atom. The zero-order chi connectivity index (χ0) is 19.3. The lowest BCUT2D eigenvalue weighted by atomic mass is 9.86.